The van der Waals surface area contributed by atoms with Gasteiger partial charge in [0.2, 0.25) is 5.91 Å². The molecule has 2 N–H and O–H groups in total. The second-order valence-electron chi connectivity index (χ2n) is 5.83. The zero-order chi connectivity index (χ0) is 19.1. The number of esters is 1. The molecule has 0 aliphatic heterocycles. The first-order chi connectivity index (χ1) is 12.4. The van der Waals surface area contributed by atoms with Gasteiger partial charge >= 0.3 is 5.97 Å². The Morgan fingerprint density at radius 3 is 2.42 bits per heavy atom. The quantitative estimate of drug-likeness (QED) is 0.781. The van der Waals surface area contributed by atoms with E-state index in [9.17, 15) is 14.4 Å². The molecular weight excluding hydrogens is 332 g/mol. The van der Waals surface area contributed by atoms with Crippen LogP contribution < -0.4 is 10.6 Å². The van der Waals surface area contributed by atoms with Crippen molar-refractivity contribution in [2.24, 2.45) is 0 Å². The Kier molecular flexibility index (Phi) is 6.49. The highest BCUT2D eigenvalue weighted by molar-refractivity contribution is 6.00. The highest BCUT2D eigenvalue weighted by atomic mass is 16.5. The van der Waals surface area contributed by atoms with Gasteiger partial charge in [0.1, 0.15) is 0 Å². The number of amides is 2. The van der Waals surface area contributed by atoms with Crippen LogP contribution in [0, 0.1) is 13.8 Å². The third-order valence-electron chi connectivity index (χ3n) is 3.84. The van der Waals surface area contributed by atoms with Gasteiger partial charge in [-0.3, -0.25) is 9.59 Å². The molecule has 0 aliphatic carbocycles. The molecule has 6 heteroatoms. The Bertz CT molecular complexity index is 830. The molecule has 2 aromatic rings. The number of benzene rings is 2. The zero-order valence-electron chi connectivity index (χ0n) is 15.1. The summed E-state index contributed by atoms with van der Waals surface area (Å²) in [5.41, 5.74) is 3.42. The van der Waals surface area contributed by atoms with Crippen LogP contribution in [0.5, 0.6) is 0 Å². The molecule has 0 heterocycles. The van der Waals surface area contributed by atoms with E-state index < -0.39 is 5.97 Å². The predicted octanol–water partition coefficient (Wildman–Crippen LogP) is 2.85. The number of hydrogen-bond donors (Lipinski definition) is 2. The standard InChI is InChI=1S/C20H22N2O4/c1-4-26-20(25)16-6-5-7-17(11-16)22-18(23)12-21-19(24)15-9-8-13(2)14(3)10-15/h5-11H,4,12H2,1-3H3,(H,21,24)(H,22,23). The summed E-state index contributed by atoms with van der Waals surface area (Å²) in [4.78, 5) is 35.9. The van der Waals surface area contributed by atoms with Crippen LogP contribution in [0.25, 0.3) is 0 Å². The molecule has 6 nitrogen and oxygen atoms in total. The van der Waals surface area contributed by atoms with Crippen molar-refractivity contribution in [1.29, 1.82) is 0 Å². The van der Waals surface area contributed by atoms with Crippen LogP contribution in [0.15, 0.2) is 42.5 Å². The van der Waals surface area contributed by atoms with Gasteiger partial charge in [-0.2, -0.15) is 0 Å². The highest BCUT2D eigenvalue weighted by Gasteiger charge is 2.11. The summed E-state index contributed by atoms with van der Waals surface area (Å²) in [5, 5.41) is 5.23. The van der Waals surface area contributed by atoms with Gasteiger partial charge in [0, 0.05) is 11.3 Å². The second-order valence-corrected chi connectivity index (χ2v) is 5.83. The summed E-state index contributed by atoms with van der Waals surface area (Å²) in [6, 6.07) is 11.8. The van der Waals surface area contributed by atoms with Gasteiger partial charge in [0.25, 0.3) is 5.91 Å². The van der Waals surface area contributed by atoms with Crippen molar-refractivity contribution in [3.63, 3.8) is 0 Å². The summed E-state index contributed by atoms with van der Waals surface area (Å²) in [7, 11) is 0. The van der Waals surface area contributed by atoms with Crippen molar-refractivity contribution < 1.29 is 19.1 Å². The Labute approximate surface area is 152 Å². The number of rotatable bonds is 6. The first-order valence-corrected chi connectivity index (χ1v) is 8.33. The number of ether oxygens (including phenoxy) is 1. The first-order valence-electron chi connectivity index (χ1n) is 8.33. The average Bonchev–Trinajstić information content (AvgIpc) is 2.62. The molecule has 0 fully saturated rings. The maximum atomic E-state index is 12.1. The Morgan fingerprint density at radius 1 is 0.962 bits per heavy atom. The number of carbonyl (C=O) groups is 3. The predicted molar refractivity (Wildman–Crippen MR) is 99.3 cm³/mol. The van der Waals surface area contributed by atoms with Gasteiger partial charge < -0.3 is 15.4 Å². The lowest BCUT2D eigenvalue weighted by molar-refractivity contribution is -0.115. The summed E-state index contributed by atoms with van der Waals surface area (Å²) in [6.45, 7) is 5.72. The molecule has 2 rings (SSSR count). The van der Waals surface area contributed by atoms with Crippen molar-refractivity contribution >= 4 is 23.5 Å². The molecule has 2 amide bonds. The largest absolute Gasteiger partial charge is 0.462 e. The van der Waals surface area contributed by atoms with E-state index >= 15 is 0 Å². The lowest BCUT2D eigenvalue weighted by Crippen LogP contribution is -2.32. The number of hydrogen-bond acceptors (Lipinski definition) is 4. The monoisotopic (exact) mass is 354 g/mol. The minimum Gasteiger partial charge on any atom is -0.462 e. The number of anilines is 1. The minimum absolute atomic E-state index is 0.171. The van der Waals surface area contributed by atoms with E-state index in [1.54, 1.807) is 37.3 Å². The fourth-order valence-corrected chi connectivity index (χ4v) is 2.29. The summed E-state index contributed by atoms with van der Waals surface area (Å²) < 4.78 is 4.93. The fraction of sp³-hybridized carbons (Fsp3) is 0.250. The van der Waals surface area contributed by atoms with Crippen molar-refractivity contribution in [1.82, 2.24) is 5.32 Å². The van der Waals surface area contributed by atoms with Crippen molar-refractivity contribution in [3.8, 4) is 0 Å². The van der Waals surface area contributed by atoms with Gasteiger partial charge in [0.15, 0.2) is 0 Å². The van der Waals surface area contributed by atoms with Crippen LogP contribution in [-0.2, 0) is 9.53 Å². The Morgan fingerprint density at radius 2 is 1.73 bits per heavy atom. The number of aryl methyl sites for hydroxylation is 2. The molecule has 0 saturated heterocycles. The summed E-state index contributed by atoms with van der Waals surface area (Å²) >= 11 is 0. The topological polar surface area (TPSA) is 84.5 Å². The van der Waals surface area contributed by atoms with E-state index in [0.717, 1.165) is 11.1 Å². The van der Waals surface area contributed by atoms with Gasteiger partial charge in [-0.15, -0.1) is 0 Å². The van der Waals surface area contributed by atoms with Crippen LogP contribution in [0.1, 0.15) is 38.8 Å². The van der Waals surface area contributed by atoms with Crippen LogP contribution in [0.3, 0.4) is 0 Å². The summed E-state index contributed by atoms with van der Waals surface area (Å²) in [6.07, 6.45) is 0. The summed E-state index contributed by atoms with van der Waals surface area (Å²) in [5.74, 6) is -1.15. The molecule has 0 bridgehead atoms. The minimum atomic E-state index is -0.452. The number of nitrogens with one attached hydrogen (secondary N) is 2. The lowest BCUT2D eigenvalue weighted by Gasteiger charge is -2.09. The molecule has 26 heavy (non-hydrogen) atoms. The van der Waals surface area contributed by atoms with Crippen LogP contribution in [-0.4, -0.2) is 30.9 Å². The molecule has 0 spiro atoms. The third kappa shape index (κ3) is 5.17. The van der Waals surface area contributed by atoms with E-state index in [2.05, 4.69) is 10.6 Å². The Hall–Kier alpha value is -3.15. The zero-order valence-corrected chi connectivity index (χ0v) is 15.1. The van der Waals surface area contributed by atoms with E-state index in [0.29, 0.717) is 16.8 Å². The van der Waals surface area contributed by atoms with Gasteiger partial charge in [-0.25, -0.2) is 4.79 Å². The SMILES string of the molecule is CCOC(=O)c1cccc(NC(=O)CNC(=O)c2ccc(C)c(C)c2)c1. The normalized spacial score (nSPS) is 10.1. The molecule has 0 saturated carbocycles. The van der Waals surface area contributed by atoms with Crippen LogP contribution in [0.4, 0.5) is 5.69 Å². The molecule has 0 unspecified atom stereocenters. The molecule has 2 aromatic carbocycles. The maximum Gasteiger partial charge on any atom is 0.338 e. The lowest BCUT2D eigenvalue weighted by atomic mass is 10.1. The molecule has 0 aromatic heterocycles. The average molecular weight is 354 g/mol. The highest BCUT2D eigenvalue weighted by Crippen LogP contribution is 2.12. The van der Waals surface area contributed by atoms with Gasteiger partial charge in [-0.05, 0) is 62.2 Å². The molecule has 136 valence electrons. The van der Waals surface area contributed by atoms with Crippen LogP contribution in [0.2, 0.25) is 0 Å². The Balaban J connectivity index is 1.92. The van der Waals surface area contributed by atoms with E-state index in [-0.39, 0.29) is 25.0 Å². The smallest absolute Gasteiger partial charge is 0.338 e. The third-order valence-corrected chi connectivity index (χ3v) is 3.84. The van der Waals surface area contributed by atoms with E-state index in [1.807, 2.05) is 19.9 Å². The van der Waals surface area contributed by atoms with E-state index in [1.165, 1.54) is 6.07 Å². The maximum absolute atomic E-state index is 12.1. The van der Waals surface area contributed by atoms with Crippen LogP contribution >= 0.6 is 0 Å². The van der Waals surface area contributed by atoms with Gasteiger partial charge in [-0.1, -0.05) is 12.1 Å². The number of carbonyl (C=O) groups excluding carboxylic acids is 3. The van der Waals surface area contributed by atoms with Crippen molar-refractivity contribution in [2.75, 3.05) is 18.5 Å². The molecule has 0 radical (unpaired) electrons. The van der Waals surface area contributed by atoms with Crippen molar-refractivity contribution in [3.05, 3.63) is 64.7 Å². The second kappa shape index (κ2) is 8.80. The molecule has 0 aliphatic rings. The van der Waals surface area contributed by atoms with Crippen molar-refractivity contribution in [2.45, 2.75) is 20.8 Å². The fourth-order valence-electron chi connectivity index (χ4n) is 2.29. The van der Waals surface area contributed by atoms with E-state index in [4.69, 9.17) is 4.74 Å². The van der Waals surface area contributed by atoms with Gasteiger partial charge in [0.05, 0.1) is 18.7 Å². The first kappa shape index (κ1) is 19.2. The molecule has 0 atom stereocenters. The molecular formula is C20H22N2O4.